The summed E-state index contributed by atoms with van der Waals surface area (Å²) in [7, 11) is 0. The smallest absolute Gasteiger partial charge is 0.142 e. The molecule has 0 aromatic heterocycles. The molecule has 0 spiro atoms. The maximum atomic E-state index is 13.0. The number of aliphatic hydroxyl groups excluding tert-OH is 1. The fraction of sp³-hybridized carbons (Fsp3) is 0.333. The van der Waals surface area contributed by atoms with E-state index in [2.05, 4.69) is 21.2 Å². The third-order valence-electron chi connectivity index (χ3n) is 1.70. The van der Waals surface area contributed by atoms with Gasteiger partial charge < -0.3 is 10.4 Å². The van der Waals surface area contributed by atoms with Crippen LogP contribution in [0.2, 0.25) is 0 Å². The van der Waals surface area contributed by atoms with E-state index in [0.717, 1.165) is 12.1 Å². The minimum absolute atomic E-state index is 0.0580. The van der Waals surface area contributed by atoms with Crippen molar-refractivity contribution in [1.29, 1.82) is 0 Å². The molecular weight excluding hydrogens is 291 g/mol. The lowest BCUT2D eigenvalue weighted by Crippen LogP contribution is -2.21. The molecule has 0 bridgehead atoms. The summed E-state index contributed by atoms with van der Waals surface area (Å²) in [5.74, 6) is -1.32. The molecule has 0 heterocycles. The Bertz CT molecular complexity index is 351. The first-order valence-electron chi connectivity index (χ1n) is 4.17. The van der Waals surface area contributed by atoms with Crippen LogP contribution < -0.4 is 5.32 Å². The van der Waals surface area contributed by atoms with Crippen molar-refractivity contribution < 1.29 is 13.9 Å². The third-order valence-corrected chi connectivity index (χ3v) is 2.86. The third kappa shape index (κ3) is 3.59. The molecule has 0 fully saturated rings. The van der Waals surface area contributed by atoms with Crippen LogP contribution in [-0.4, -0.2) is 23.6 Å². The Labute approximate surface area is 99.4 Å². The van der Waals surface area contributed by atoms with Gasteiger partial charge in [-0.1, -0.05) is 0 Å². The number of benzene rings is 1. The summed E-state index contributed by atoms with van der Waals surface area (Å²) in [5.41, 5.74) is 0.247. The van der Waals surface area contributed by atoms with Crippen molar-refractivity contribution in [3.63, 3.8) is 0 Å². The Morgan fingerprint density at radius 2 is 2.13 bits per heavy atom. The first kappa shape index (κ1) is 12.7. The number of aliphatic hydroxyl groups is 1. The Morgan fingerprint density at radius 1 is 1.47 bits per heavy atom. The zero-order valence-corrected chi connectivity index (χ0v) is 9.95. The van der Waals surface area contributed by atoms with Gasteiger partial charge in [0, 0.05) is 12.6 Å². The molecule has 0 saturated carbocycles. The summed E-state index contributed by atoms with van der Waals surface area (Å²) in [6, 6.07) is 1.90. The fourth-order valence-corrected chi connectivity index (χ4v) is 1.45. The van der Waals surface area contributed by atoms with E-state index in [-0.39, 0.29) is 22.6 Å². The van der Waals surface area contributed by atoms with E-state index in [9.17, 15) is 8.78 Å². The van der Waals surface area contributed by atoms with Gasteiger partial charge in [-0.05, 0) is 22.0 Å². The first-order valence-corrected chi connectivity index (χ1v) is 5.49. The second kappa shape index (κ2) is 5.63. The maximum Gasteiger partial charge on any atom is 0.142 e. The molecule has 0 aliphatic heterocycles. The van der Waals surface area contributed by atoms with E-state index in [4.69, 9.17) is 16.7 Å². The number of hydrogen-bond acceptors (Lipinski definition) is 2. The van der Waals surface area contributed by atoms with Gasteiger partial charge in [-0.3, -0.25) is 0 Å². The monoisotopic (exact) mass is 299 g/mol. The fourth-order valence-electron chi connectivity index (χ4n) is 0.967. The van der Waals surface area contributed by atoms with Crippen LogP contribution in [0.1, 0.15) is 0 Å². The molecule has 0 amide bonds. The lowest BCUT2D eigenvalue weighted by Gasteiger charge is -2.11. The van der Waals surface area contributed by atoms with E-state index in [1.54, 1.807) is 0 Å². The summed E-state index contributed by atoms with van der Waals surface area (Å²) in [5, 5.41) is 11.8. The van der Waals surface area contributed by atoms with Crippen LogP contribution >= 0.6 is 27.5 Å². The lowest BCUT2D eigenvalue weighted by atomic mass is 10.3. The van der Waals surface area contributed by atoms with Crippen LogP contribution in [0.3, 0.4) is 0 Å². The molecule has 0 radical (unpaired) electrons. The molecule has 1 unspecified atom stereocenters. The maximum absolute atomic E-state index is 13.0. The van der Waals surface area contributed by atoms with Gasteiger partial charge in [0.15, 0.2) is 0 Å². The van der Waals surface area contributed by atoms with E-state index >= 15 is 0 Å². The highest BCUT2D eigenvalue weighted by atomic mass is 79.9. The number of nitrogens with one attached hydrogen (secondary N) is 1. The van der Waals surface area contributed by atoms with Gasteiger partial charge in [0.1, 0.15) is 11.6 Å². The summed E-state index contributed by atoms with van der Waals surface area (Å²) in [6.07, 6.45) is -0.759. The molecule has 1 atom stereocenters. The quantitative estimate of drug-likeness (QED) is 0.662. The zero-order chi connectivity index (χ0) is 11.4. The van der Waals surface area contributed by atoms with E-state index in [1.807, 2.05) is 0 Å². The minimum atomic E-state index is -0.759. The minimum Gasteiger partial charge on any atom is -0.390 e. The van der Waals surface area contributed by atoms with Crippen LogP contribution in [0.5, 0.6) is 0 Å². The molecule has 0 saturated heterocycles. The summed E-state index contributed by atoms with van der Waals surface area (Å²) in [4.78, 5) is 0. The van der Waals surface area contributed by atoms with Gasteiger partial charge in [0.05, 0.1) is 22.1 Å². The van der Waals surface area contributed by atoms with E-state index in [0.29, 0.717) is 0 Å². The van der Waals surface area contributed by atoms with E-state index < -0.39 is 17.7 Å². The number of anilines is 1. The molecule has 0 aliphatic carbocycles. The lowest BCUT2D eigenvalue weighted by molar-refractivity contribution is 0.211. The largest absolute Gasteiger partial charge is 0.390 e. The molecule has 2 nitrogen and oxygen atoms in total. The van der Waals surface area contributed by atoms with Crippen molar-refractivity contribution in [2.45, 2.75) is 6.10 Å². The van der Waals surface area contributed by atoms with Crippen LogP contribution in [0.15, 0.2) is 16.6 Å². The van der Waals surface area contributed by atoms with Crippen molar-refractivity contribution in [2.24, 2.45) is 0 Å². The van der Waals surface area contributed by atoms with Gasteiger partial charge in [-0.25, -0.2) is 8.78 Å². The van der Waals surface area contributed by atoms with Gasteiger partial charge in [0.2, 0.25) is 0 Å². The van der Waals surface area contributed by atoms with Crippen LogP contribution in [0, 0.1) is 11.6 Å². The van der Waals surface area contributed by atoms with Crippen molar-refractivity contribution in [2.75, 3.05) is 17.7 Å². The summed E-state index contributed by atoms with van der Waals surface area (Å²) >= 11 is 8.34. The molecule has 1 aromatic carbocycles. The second-order valence-electron chi connectivity index (χ2n) is 2.94. The normalized spacial score (nSPS) is 12.6. The molecule has 84 valence electrons. The zero-order valence-electron chi connectivity index (χ0n) is 7.61. The molecule has 6 heteroatoms. The number of halogens is 4. The average Bonchev–Trinajstić information content (AvgIpc) is 2.20. The topological polar surface area (TPSA) is 32.3 Å². The van der Waals surface area contributed by atoms with Crippen molar-refractivity contribution in [1.82, 2.24) is 0 Å². The molecular formula is C9H9BrClF2NO. The second-order valence-corrected chi connectivity index (χ2v) is 4.04. The molecule has 1 aromatic rings. The molecule has 2 N–H and O–H groups in total. The van der Waals surface area contributed by atoms with Crippen molar-refractivity contribution in [3.8, 4) is 0 Å². The molecule has 1 rings (SSSR count). The molecule has 15 heavy (non-hydrogen) atoms. The number of alkyl halides is 1. The van der Waals surface area contributed by atoms with Crippen LogP contribution in [-0.2, 0) is 0 Å². The number of hydrogen-bond donors (Lipinski definition) is 2. The highest BCUT2D eigenvalue weighted by Crippen LogP contribution is 2.26. The summed E-state index contributed by atoms with van der Waals surface area (Å²) < 4.78 is 26.0. The van der Waals surface area contributed by atoms with E-state index in [1.165, 1.54) is 0 Å². The van der Waals surface area contributed by atoms with Crippen molar-refractivity contribution in [3.05, 3.63) is 28.2 Å². The Morgan fingerprint density at radius 3 is 2.73 bits per heavy atom. The molecule has 0 aliphatic rings. The van der Waals surface area contributed by atoms with Crippen molar-refractivity contribution >= 4 is 33.2 Å². The van der Waals surface area contributed by atoms with Gasteiger partial charge in [0.25, 0.3) is 0 Å². The Hall–Kier alpha value is -0.390. The first-order chi connectivity index (χ1) is 7.04. The van der Waals surface area contributed by atoms with Gasteiger partial charge in [-0.15, -0.1) is 11.6 Å². The van der Waals surface area contributed by atoms with Crippen LogP contribution in [0.25, 0.3) is 0 Å². The summed E-state index contributed by atoms with van der Waals surface area (Å²) in [6.45, 7) is 0.130. The highest BCUT2D eigenvalue weighted by molar-refractivity contribution is 9.10. The average molecular weight is 301 g/mol. The van der Waals surface area contributed by atoms with Gasteiger partial charge in [-0.2, -0.15) is 0 Å². The van der Waals surface area contributed by atoms with Gasteiger partial charge >= 0.3 is 0 Å². The highest BCUT2D eigenvalue weighted by Gasteiger charge is 2.09. The Kier molecular flexibility index (Phi) is 4.76. The Balaban J connectivity index is 2.76. The number of rotatable bonds is 4. The predicted octanol–water partition coefficient (Wildman–Crippen LogP) is 2.74. The predicted molar refractivity (Wildman–Crippen MR) is 59.3 cm³/mol. The SMILES string of the molecule is OC(CCl)CNc1cc(F)cc(F)c1Br. The standard InChI is InChI=1S/C9H9BrClF2NO/c10-9-7(13)1-5(12)2-8(9)14-4-6(15)3-11/h1-2,6,14-15H,3-4H2. The van der Waals surface area contributed by atoms with Crippen LogP contribution in [0.4, 0.5) is 14.5 Å².